The average Bonchev–Trinajstić information content (AvgIpc) is 3.68. The summed E-state index contributed by atoms with van der Waals surface area (Å²) in [4.78, 5) is 32.2. The van der Waals surface area contributed by atoms with E-state index in [-0.39, 0.29) is 46.2 Å². The van der Waals surface area contributed by atoms with Crippen LogP contribution in [0.5, 0.6) is 0 Å². The van der Waals surface area contributed by atoms with Gasteiger partial charge in [-0.05, 0) is 149 Å². The zero-order valence-corrected chi connectivity index (χ0v) is 42.3. The number of likely N-dealkylation sites (tertiary alicyclic amines) is 1. The fraction of sp³-hybridized carbons (Fsp3) is 0.340. The molecule has 6 aromatic rings. The summed E-state index contributed by atoms with van der Waals surface area (Å²) in [5.41, 5.74) is 4.63. The summed E-state index contributed by atoms with van der Waals surface area (Å²) in [6, 6.07) is 32.4. The second-order valence-electron chi connectivity index (χ2n) is 18.4. The first-order valence-corrected chi connectivity index (χ1v) is 26.7. The van der Waals surface area contributed by atoms with Crippen LogP contribution in [-0.2, 0) is 10.0 Å². The fourth-order valence-corrected chi connectivity index (χ4v) is 11.9. The largest absolute Gasteiger partial charge is 0.478 e. The van der Waals surface area contributed by atoms with Crippen LogP contribution in [0.25, 0.3) is 22.4 Å². The van der Waals surface area contributed by atoms with Crippen LogP contribution in [-0.4, -0.2) is 103 Å². The Balaban J connectivity index is 0.935. The van der Waals surface area contributed by atoms with Gasteiger partial charge in [0.15, 0.2) is 0 Å². The molecule has 2 aliphatic rings. The Morgan fingerprint density at radius 3 is 2.15 bits per heavy atom. The lowest BCUT2D eigenvalue weighted by atomic mass is 9.96. The number of aliphatic hydroxyl groups excluding tert-OH is 1. The van der Waals surface area contributed by atoms with Crippen molar-refractivity contribution in [2.45, 2.75) is 61.9 Å². The Hall–Kier alpha value is -6.11. The summed E-state index contributed by atoms with van der Waals surface area (Å²) < 4.78 is 47.7. The summed E-state index contributed by atoms with van der Waals surface area (Å²) in [5.74, 6) is -0.647. The minimum absolute atomic E-state index is 0.0931. The first kappa shape index (κ1) is 51.3. The number of hydrogen-bond acceptors (Lipinski definition) is 11. The normalized spacial score (nSPS) is 15.3. The molecule has 8 rings (SSSR count). The van der Waals surface area contributed by atoms with E-state index in [0.717, 1.165) is 54.7 Å². The number of aliphatic hydroxyl groups is 1. The molecule has 4 N–H and O–H groups in total. The van der Waals surface area contributed by atoms with Gasteiger partial charge in [-0.25, -0.2) is 17.6 Å². The minimum Gasteiger partial charge on any atom is -0.478 e. The highest BCUT2D eigenvalue weighted by atomic mass is 35.5. The Bertz CT molecular complexity index is 2940. The number of thioether (sulfide) groups is 1. The van der Waals surface area contributed by atoms with Crippen LogP contribution in [0.4, 0.5) is 32.8 Å². The van der Waals surface area contributed by atoms with Crippen molar-refractivity contribution in [3.8, 4) is 22.4 Å². The first-order valence-electron chi connectivity index (χ1n) is 23.8. The number of piperidine rings is 1. The van der Waals surface area contributed by atoms with Crippen LogP contribution in [0, 0.1) is 28.8 Å². The molecule has 0 radical (unpaired) electrons. The Morgan fingerprint density at radius 1 is 0.873 bits per heavy atom. The number of rotatable bonds is 19. The molecule has 1 aromatic heterocycles. The second-order valence-corrected chi connectivity index (χ2v) is 21.7. The minimum atomic E-state index is -4.23. The predicted molar refractivity (Wildman–Crippen MR) is 283 cm³/mol. The Kier molecular flexibility index (Phi) is 16.3. The number of carboxylic acid groups (broad SMARTS) is 1. The summed E-state index contributed by atoms with van der Waals surface area (Å²) in [5, 5.41) is 36.5. The van der Waals surface area contributed by atoms with Crippen molar-refractivity contribution in [2.75, 3.05) is 78.0 Å². The van der Waals surface area contributed by atoms with E-state index < -0.39 is 26.7 Å². The molecule has 14 nitrogen and oxygen atoms in total. The Morgan fingerprint density at radius 2 is 1.54 bits per heavy atom. The molecule has 2 fully saturated rings. The lowest BCUT2D eigenvalue weighted by molar-refractivity contribution is -0.384. The average molecular weight is 1020 g/mol. The number of nitrogens with one attached hydrogen (secondary N) is 2. The quantitative estimate of drug-likeness (QED) is 0.0344. The lowest BCUT2D eigenvalue weighted by Gasteiger charge is -2.37. The fourth-order valence-electron chi connectivity index (χ4n) is 9.68. The number of nitrogens with zero attached hydrogens (tertiary/aromatic N) is 5. The van der Waals surface area contributed by atoms with Gasteiger partial charge in [-0.3, -0.25) is 14.8 Å². The number of anilines is 4. The van der Waals surface area contributed by atoms with Crippen molar-refractivity contribution in [1.82, 2.24) is 9.47 Å². The summed E-state index contributed by atoms with van der Waals surface area (Å²) in [6.07, 6.45) is 2.56. The second kappa shape index (κ2) is 22.5. The summed E-state index contributed by atoms with van der Waals surface area (Å²) in [6.45, 7) is 10.7. The molecule has 18 heteroatoms. The molecular formula is C53H59ClFN7O7S2. The van der Waals surface area contributed by atoms with Crippen molar-refractivity contribution in [3.05, 3.63) is 147 Å². The van der Waals surface area contributed by atoms with Gasteiger partial charge in [0.1, 0.15) is 11.5 Å². The number of aromatic nitrogens is 1. The molecule has 1 atom stereocenters. The highest BCUT2D eigenvalue weighted by Crippen LogP contribution is 2.43. The SMILES string of the molecule is Cc1c(C(=O)O)c(-c2cc(F)cc(N3CCN(c4ccc(NS(=O)(=O)c5ccc(NC(CCN6CCC(CO)CC6)CSc6ccccc6)c([N+](=O)[O-])c5)cc4)CC3)c2)c(-c2ccc(Cl)cc2)n1C(C)C. The molecule has 1 unspecified atom stereocenters. The van der Waals surface area contributed by atoms with Crippen molar-refractivity contribution in [1.29, 1.82) is 0 Å². The number of nitro groups is 1. The van der Waals surface area contributed by atoms with E-state index in [1.807, 2.05) is 66.9 Å². The van der Waals surface area contributed by atoms with Gasteiger partial charge in [0.25, 0.3) is 15.7 Å². The van der Waals surface area contributed by atoms with E-state index in [1.165, 1.54) is 24.3 Å². The van der Waals surface area contributed by atoms with Crippen LogP contribution < -0.4 is 19.8 Å². The number of sulfonamides is 1. The standard InChI is InChI=1S/C53H59ClFN7O7S2/c1-35(2)61-36(3)50(53(64)65)51(52(61)38-9-11-40(54)12-10-38)39-29-41(55)31-45(30-39)60-27-25-59(26-28-60)44-15-13-42(14-16-44)57-71(68,69)47-17-18-48(49(32-47)62(66)67)56-43(34-70-46-7-5-4-6-8-46)21-24-58-22-19-37(33-63)20-23-58/h4-18,29-32,35,37,43,56-57,63H,19-28,33-34H2,1-3H3,(H,64,65). The van der Waals surface area contributed by atoms with Gasteiger partial charge >= 0.3 is 5.97 Å². The molecule has 0 spiro atoms. The molecule has 3 heterocycles. The molecule has 0 aliphatic carbocycles. The van der Waals surface area contributed by atoms with Crippen molar-refractivity contribution in [2.24, 2.45) is 5.92 Å². The van der Waals surface area contributed by atoms with Gasteiger partial charge in [0.05, 0.1) is 21.1 Å². The van der Waals surface area contributed by atoms with Crippen molar-refractivity contribution in [3.63, 3.8) is 0 Å². The van der Waals surface area contributed by atoms with Gasteiger partial charge in [-0.1, -0.05) is 41.9 Å². The maximum absolute atomic E-state index is 15.7. The van der Waals surface area contributed by atoms with Gasteiger partial charge in [-0.2, -0.15) is 0 Å². The van der Waals surface area contributed by atoms with Gasteiger partial charge < -0.3 is 34.8 Å². The first-order chi connectivity index (χ1) is 34.1. The topological polar surface area (TPSA) is 174 Å². The number of carbonyl (C=O) groups is 1. The van der Waals surface area contributed by atoms with Crippen LogP contribution in [0.2, 0.25) is 5.02 Å². The molecule has 374 valence electrons. The van der Waals surface area contributed by atoms with E-state index in [2.05, 4.69) is 24.7 Å². The highest BCUT2D eigenvalue weighted by molar-refractivity contribution is 7.99. The third-order valence-electron chi connectivity index (χ3n) is 13.4. The van der Waals surface area contributed by atoms with E-state index >= 15 is 4.39 Å². The van der Waals surface area contributed by atoms with Crippen LogP contribution >= 0.6 is 23.4 Å². The molecule has 0 bridgehead atoms. The monoisotopic (exact) mass is 1020 g/mol. The number of carboxylic acids is 1. The number of nitro benzene ring substituents is 1. The Labute approximate surface area is 423 Å². The number of aromatic carboxylic acids is 1. The molecular weight excluding hydrogens is 965 g/mol. The molecule has 2 aliphatic heterocycles. The number of piperazine rings is 1. The number of halogens is 2. The van der Waals surface area contributed by atoms with E-state index in [4.69, 9.17) is 11.6 Å². The number of benzene rings is 5. The third kappa shape index (κ3) is 12.2. The highest BCUT2D eigenvalue weighted by Gasteiger charge is 2.30. The van der Waals surface area contributed by atoms with Crippen molar-refractivity contribution >= 4 is 67.8 Å². The summed E-state index contributed by atoms with van der Waals surface area (Å²) >= 11 is 7.88. The molecule has 71 heavy (non-hydrogen) atoms. The molecule has 5 aromatic carbocycles. The van der Waals surface area contributed by atoms with E-state index in [0.29, 0.717) is 77.5 Å². The lowest BCUT2D eigenvalue weighted by Crippen LogP contribution is -2.46. The van der Waals surface area contributed by atoms with Crippen LogP contribution in [0.3, 0.4) is 0 Å². The van der Waals surface area contributed by atoms with E-state index in [9.17, 15) is 33.5 Å². The van der Waals surface area contributed by atoms with Gasteiger partial charge in [-0.15, -0.1) is 11.8 Å². The zero-order valence-electron chi connectivity index (χ0n) is 39.9. The van der Waals surface area contributed by atoms with Crippen molar-refractivity contribution < 1.29 is 32.7 Å². The van der Waals surface area contributed by atoms with Gasteiger partial charge in [0.2, 0.25) is 0 Å². The smallest absolute Gasteiger partial charge is 0.338 e. The summed E-state index contributed by atoms with van der Waals surface area (Å²) in [7, 11) is -4.23. The maximum Gasteiger partial charge on any atom is 0.338 e. The maximum atomic E-state index is 15.7. The van der Waals surface area contributed by atoms with Gasteiger partial charge in [0, 0.05) is 101 Å². The number of hydrogen-bond donors (Lipinski definition) is 4. The molecule has 0 amide bonds. The third-order valence-corrected chi connectivity index (χ3v) is 16.2. The predicted octanol–water partition coefficient (Wildman–Crippen LogP) is 10.9. The van der Waals surface area contributed by atoms with Crippen LogP contribution in [0.15, 0.2) is 125 Å². The molecule has 0 saturated carbocycles. The zero-order chi connectivity index (χ0) is 50.4. The van der Waals surface area contributed by atoms with E-state index in [1.54, 1.807) is 55.1 Å². The molecule has 2 saturated heterocycles. The van der Waals surface area contributed by atoms with Crippen LogP contribution in [0.1, 0.15) is 55.2 Å².